The third-order valence-electron chi connectivity index (χ3n) is 3.38. The number of pyridine rings is 1. The molecule has 0 saturated heterocycles. The summed E-state index contributed by atoms with van der Waals surface area (Å²) in [6, 6.07) is 11.5. The molecule has 1 amide bonds. The van der Waals surface area contributed by atoms with Crippen LogP contribution in [-0.4, -0.2) is 24.0 Å². The second kappa shape index (κ2) is 6.99. The molecule has 0 radical (unpaired) electrons. The predicted molar refractivity (Wildman–Crippen MR) is 85.5 cm³/mol. The zero-order valence-corrected chi connectivity index (χ0v) is 12.5. The smallest absolute Gasteiger partial charge is 0.258 e. The summed E-state index contributed by atoms with van der Waals surface area (Å²) in [4.78, 5) is 18.8. The Bertz CT molecular complexity index is 625. The second-order valence-electron chi connectivity index (χ2n) is 5.07. The molecule has 0 unspecified atom stereocenters. The van der Waals surface area contributed by atoms with E-state index in [9.17, 15) is 4.79 Å². The number of para-hydroxylation sites is 1. The van der Waals surface area contributed by atoms with Crippen molar-refractivity contribution >= 4 is 11.6 Å². The SMILES string of the molecule is Cc1cc(C(=O)N(CCCN)c2ccccc2C)ccn1. The van der Waals surface area contributed by atoms with E-state index in [1.54, 1.807) is 17.2 Å². The molecule has 0 saturated carbocycles. The molecule has 0 aliphatic heterocycles. The molecule has 1 aromatic carbocycles. The number of hydrogen-bond acceptors (Lipinski definition) is 3. The van der Waals surface area contributed by atoms with Gasteiger partial charge in [-0.25, -0.2) is 0 Å². The van der Waals surface area contributed by atoms with Crippen molar-refractivity contribution in [1.82, 2.24) is 4.98 Å². The van der Waals surface area contributed by atoms with Gasteiger partial charge in [0.25, 0.3) is 5.91 Å². The van der Waals surface area contributed by atoms with Crippen molar-refractivity contribution in [3.8, 4) is 0 Å². The van der Waals surface area contributed by atoms with Gasteiger partial charge in [0.15, 0.2) is 0 Å². The van der Waals surface area contributed by atoms with Crippen LogP contribution < -0.4 is 10.6 Å². The number of amides is 1. The van der Waals surface area contributed by atoms with Crippen LogP contribution in [0.15, 0.2) is 42.6 Å². The highest BCUT2D eigenvalue weighted by molar-refractivity contribution is 6.06. The number of benzene rings is 1. The zero-order chi connectivity index (χ0) is 15.2. The first-order chi connectivity index (χ1) is 10.1. The topological polar surface area (TPSA) is 59.2 Å². The first kappa shape index (κ1) is 15.2. The van der Waals surface area contributed by atoms with E-state index in [0.717, 1.165) is 23.4 Å². The molecule has 2 rings (SSSR count). The van der Waals surface area contributed by atoms with E-state index < -0.39 is 0 Å². The molecule has 0 aliphatic carbocycles. The first-order valence-electron chi connectivity index (χ1n) is 7.13. The Morgan fingerprint density at radius 1 is 1.24 bits per heavy atom. The molecule has 110 valence electrons. The van der Waals surface area contributed by atoms with Gasteiger partial charge in [-0.15, -0.1) is 0 Å². The molecule has 0 atom stereocenters. The summed E-state index contributed by atoms with van der Waals surface area (Å²) in [6.07, 6.45) is 2.44. The van der Waals surface area contributed by atoms with Crippen molar-refractivity contribution in [1.29, 1.82) is 0 Å². The predicted octanol–water partition coefficient (Wildman–Crippen LogP) is 2.69. The van der Waals surface area contributed by atoms with Crippen LogP contribution in [0.2, 0.25) is 0 Å². The summed E-state index contributed by atoms with van der Waals surface area (Å²) in [7, 11) is 0. The molecule has 0 spiro atoms. The second-order valence-corrected chi connectivity index (χ2v) is 5.07. The van der Waals surface area contributed by atoms with Gasteiger partial charge in [-0.3, -0.25) is 9.78 Å². The van der Waals surface area contributed by atoms with Gasteiger partial charge in [0, 0.05) is 29.7 Å². The van der Waals surface area contributed by atoms with Crippen LogP contribution in [-0.2, 0) is 0 Å². The molecule has 0 fully saturated rings. The standard InChI is InChI=1S/C17H21N3O/c1-13-6-3-4-7-16(13)20(11-5-9-18)17(21)15-8-10-19-14(2)12-15/h3-4,6-8,10,12H,5,9,11,18H2,1-2H3. The number of nitrogens with two attached hydrogens (primary N) is 1. The van der Waals surface area contributed by atoms with Gasteiger partial charge >= 0.3 is 0 Å². The average Bonchev–Trinajstić information content (AvgIpc) is 2.49. The number of nitrogens with zero attached hydrogens (tertiary/aromatic N) is 2. The highest BCUT2D eigenvalue weighted by Gasteiger charge is 2.18. The number of aromatic nitrogens is 1. The highest BCUT2D eigenvalue weighted by Crippen LogP contribution is 2.22. The molecule has 1 heterocycles. The molecular weight excluding hydrogens is 262 g/mol. The summed E-state index contributed by atoms with van der Waals surface area (Å²) in [5, 5.41) is 0. The van der Waals surface area contributed by atoms with Gasteiger partial charge in [-0.1, -0.05) is 18.2 Å². The number of carbonyl (C=O) groups is 1. The lowest BCUT2D eigenvalue weighted by Gasteiger charge is -2.24. The van der Waals surface area contributed by atoms with Crippen LogP contribution in [0.3, 0.4) is 0 Å². The van der Waals surface area contributed by atoms with Gasteiger partial charge in [-0.05, 0) is 50.6 Å². The molecule has 4 nitrogen and oxygen atoms in total. The van der Waals surface area contributed by atoms with Crippen molar-refractivity contribution < 1.29 is 4.79 Å². The van der Waals surface area contributed by atoms with Crippen LogP contribution >= 0.6 is 0 Å². The summed E-state index contributed by atoms with van der Waals surface area (Å²) >= 11 is 0. The Kier molecular flexibility index (Phi) is 5.06. The fraction of sp³-hybridized carbons (Fsp3) is 0.294. The lowest BCUT2D eigenvalue weighted by atomic mass is 10.1. The maximum Gasteiger partial charge on any atom is 0.258 e. The minimum atomic E-state index is -0.0109. The van der Waals surface area contributed by atoms with Crippen LogP contribution in [0.25, 0.3) is 0 Å². The lowest BCUT2D eigenvalue weighted by molar-refractivity contribution is 0.0986. The van der Waals surface area contributed by atoms with Crippen LogP contribution in [0.4, 0.5) is 5.69 Å². The average molecular weight is 283 g/mol. The van der Waals surface area contributed by atoms with E-state index in [1.165, 1.54) is 0 Å². The summed E-state index contributed by atoms with van der Waals surface area (Å²) in [6.45, 7) is 5.07. The van der Waals surface area contributed by atoms with Crippen molar-refractivity contribution in [2.75, 3.05) is 18.0 Å². The summed E-state index contributed by atoms with van der Waals surface area (Å²) < 4.78 is 0. The molecule has 21 heavy (non-hydrogen) atoms. The van der Waals surface area contributed by atoms with Gasteiger partial charge in [0.05, 0.1) is 0 Å². The molecule has 1 aromatic heterocycles. The summed E-state index contributed by atoms with van der Waals surface area (Å²) in [5.74, 6) is -0.0109. The Hall–Kier alpha value is -2.20. The van der Waals surface area contributed by atoms with E-state index in [4.69, 9.17) is 5.73 Å². The van der Waals surface area contributed by atoms with Crippen LogP contribution in [0.1, 0.15) is 28.0 Å². The third kappa shape index (κ3) is 3.67. The zero-order valence-electron chi connectivity index (χ0n) is 12.5. The maximum absolute atomic E-state index is 12.8. The number of hydrogen-bond donors (Lipinski definition) is 1. The van der Waals surface area contributed by atoms with Gasteiger partial charge < -0.3 is 10.6 Å². The summed E-state index contributed by atoms with van der Waals surface area (Å²) in [5.41, 5.74) is 9.11. The van der Waals surface area contributed by atoms with Gasteiger partial charge in [0.2, 0.25) is 0 Å². The normalized spacial score (nSPS) is 10.4. The van der Waals surface area contributed by atoms with Crippen molar-refractivity contribution in [3.05, 3.63) is 59.4 Å². The van der Waals surface area contributed by atoms with Crippen LogP contribution in [0, 0.1) is 13.8 Å². The number of aryl methyl sites for hydroxylation is 2. The highest BCUT2D eigenvalue weighted by atomic mass is 16.2. The van der Waals surface area contributed by atoms with E-state index >= 15 is 0 Å². The maximum atomic E-state index is 12.8. The van der Waals surface area contributed by atoms with Gasteiger partial charge in [0.1, 0.15) is 0 Å². The monoisotopic (exact) mass is 283 g/mol. The Morgan fingerprint density at radius 3 is 2.67 bits per heavy atom. The van der Waals surface area contributed by atoms with E-state index in [0.29, 0.717) is 18.7 Å². The van der Waals surface area contributed by atoms with E-state index in [1.807, 2.05) is 44.2 Å². The molecule has 2 aromatic rings. The number of carbonyl (C=O) groups excluding carboxylic acids is 1. The fourth-order valence-electron chi connectivity index (χ4n) is 2.28. The van der Waals surface area contributed by atoms with E-state index in [-0.39, 0.29) is 5.91 Å². The van der Waals surface area contributed by atoms with Crippen molar-refractivity contribution in [2.24, 2.45) is 5.73 Å². The van der Waals surface area contributed by atoms with E-state index in [2.05, 4.69) is 4.98 Å². The first-order valence-corrected chi connectivity index (χ1v) is 7.13. The molecule has 0 bridgehead atoms. The van der Waals surface area contributed by atoms with Crippen molar-refractivity contribution in [3.63, 3.8) is 0 Å². The quantitative estimate of drug-likeness (QED) is 0.917. The number of anilines is 1. The van der Waals surface area contributed by atoms with Gasteiger partial charge in [-0.2, -0.15) is 0 Å². The molecule has 2 N–H and O–H groups in total. The fourth-order valence-corrected chi connectivity index (χ4v) is 2.28. The molecule has 0 aliphatic rings. The number of rotatable bonds is 5. The Labute approximate surface area is 125 Å². The van der Waals surface area contributed by atoms with Crippen molar-refractivity contribution in [2.45, 2.75) is 20.3 Å². The largest absolute Gasteiger partial charge is 0.330 e. The minimum Gasteiger partial charge on any atom is -0.330 e. The molecular formula is C17H21N3O. The lowest BCUT2D eigenvalue weighted by Crippen LogP contribution is -2.33. The third-order valence-corrected chi connectivity index (χ3v) is 3.38. The Balaban J connectivity index is 2.36. The molecule has 4 heteroatoms. The van der Waals surface area contributed by atoms with Crippen LogP contribution in [0.5, 0.6) is 0 Å². The minimum absolute atomic E-state index is 0.0109. The Morgan fingerprint density at radius 2 is 2.00 bits per heavy atom.